The Morgan fingerprint density at radius 3 is 2.39 bits per heavy atom. The summed E-state index contributed by atoms with van der Waals surface area (Å²) in [5.41, 5.74) is 4.13. The number of hydrogen-bond donors (Lipinski definition) is 1. The maximum Gasteiger partial charge on any atom is 0.238 e. The van der Waals surface area contributed by atoms with Gasteiger partial charge in [-0.3, -0.25) is 9.69 Å². The Labute approximate surface area is 137 Å². The van der Waals surface area contributed by atoms with E-state index in [9.17, 15) is 9.18 Å². The molecule has 0 spiro atoms. The van der Waals surface area contributed by atoms with Gasteiger partial charge in [0.15, 0.2) is 0 Å². The minimum absolute atomic E-state index is 0.0288. The zero-order valence-corrected chi connectivity index (χ0v) is 14.1. The molecule has 1 atom stereocenters. The molecule has 0 saturated heterocycles. The van der Waals surface area contributed by atoms with E-state index < -0.39 is 0 Å². The van der Waals surface area contributed by atoms with Crippen LogP contribution in [-0.2, 0) is 4.79 Å². The van der Waals surface area contributed by atoms with Gasteiger partial charge in [-0.15, -0.1) is 0 Å². The summed E-state index contributed by atoms with van der Waals surface area (Å²) >= 11 is 0. The molecule has 0 aromatic heterocycles. The third-order valence-electron chi connectivity index (χ3n) is 4.20. The maximum atomic E-state index is 13.0. The fraction of sp³-hybridized carbons (Fsp3) is 0.316. The highest BCUT2D eigenvalue weighted by atomic mass is 19.1. The van der Waals surface area contributed by atoms with Crippen LogP contribution in [-0.4, -0.2) is 24.4 Å². The summed E-state index contributed by atoms with van der Waals surface area (Å²) in [5.74, 6) is -0.319. The molecule has 0 radical (unpaired) electrons. The first-order chi connectivity index (χ1) is 10.9. The van der Waals surface area contributed by atoms with Crippen molar-refractivity contribution >= 4 is 11.6 Å². The number of hydrogen-bond acceptors (Lipinski definition) is 2. The molecule has 2 aromatic rings. The van der Waals surface area contributed by atoms with Crippen LogP contribution >= 0.6 is 0 Å². The van der Waals surface area contributed by atoms with Gasteiger partial charge in [0.2, 0.25) is 5.91 Å². The Kier molecular flexibility index (Phi) is 5.50. The minimum Gasteiger partial charge on any atom is -0.325 e. The zero-order valence-electron chi connectivity index (χ0n) is 14.1. The lowest BCUT2D eigenvalue weighted by Gasteiger charge is -2.24. The van der Waals surface area contributed by atoms with Gasteiger partial charge in [0.05, 0.1) is 6.54 Å². The van der Waals surface area contributed by atoms with Crippen molar-refractivity contribution in [2.75, 3.05) is 18.9 Å². The number of carbonyl (C=O) groups is 1. The monoisotopic (exact) mass is 314 g/mol. The third kappa shape index (κ3) is 4.63. The summed E-state index contributed by atoms with van der Waals surface area (Å²) < 4.78 is 13.0. The van der Waals surface area contributed by atoms with Crippen molar-refractivity contribution in [3.63, 3.8) is 0 Å². The van der Waals surface area contributed by atoms with Crippen LogP contribution in [0.15, 0.2) is 42.5 Å². The Morgan fingerprint density at radius 2 is 1.78 bits per heavy atom. The molecule has 1 N–H and O–H groups in total. The summed E-state index contributed by atoms with van der Waals surface area (Å²) in [6, 6.07) is 12.3. The van der Waals surface area contributed by atoms with Crippen LogP contribution in [0.2, 0.25) is 0 Å². The lowest BCUT2D eigenvalue weighted by atomic mass is 10.1. The highest BCUT2D eigenvalue weighted by Crippen LogP contribution is 2.19. The van der Waals surface area contributed by atoms with E-state index in [0.717, 1.165) is 16.8 Å². The van der Waals surface area contributed by atoms with E-state index in [1.807, 2.05) is 50.9 Å². The Morgan fingerprint density at radius 1 is 1.13 bits per heavy atom. The van der Waals surface area contributed by atoms with E-state index in [-0.39, 0.29) is 24.3 Å². The number of likely N-dealkylation sites (N-methyl/N-ethyl adjacent to an activating group) is 1. The van der Waals surface area contributed by atoms with Crippen LogP contribution < -0.4 is 5.32 Å². The second-order valence-corrected chi connectivity index (χ2v) is 5.99. The highest BCUT2D eigenvalue weighted by Gasteiger charge is 2.15. The Balaban J connectivity index is 1.95. The summed E-state index contributed by atoms with van der Waals surface area (Å²) in [6.45, 7) is 6.33. The fourth-order valence-corrected chi connectivity index (χ4v) is 2.38. The number of amides is 1. The van der Waals surface area contributed by atoms with Gasteiger partial charge in [-0.25, -0.2) is 4.39 Å². The van der Waals surface area contributed by atoms with E-state index in [4.69, 9.17) is 0 Å². The molecular formula is C19H23FN2O. The molecule has 2 aromatic carbocycles. The summed E-state index contributed by atoms with van der Waals surface area (Å²) in [6.07, 6.45) is 0. The number of aryl methyl sites for hydroxylation is 2. The van der Waals surface area contributed by atoms with Crippen LogP contribution in [0.4, 0.5) is 10.1 Å². The molecule has 0 heterocycles. The lowest BCUT2D eigenvalue weighted by molar-refractivity contribution is -0.117. The Hall–Kier alpha value is -2.20. The predicted octanol–water partition coefficient (Wildman–Crippen LogP) is 4.07. The molecule has 0 aliphatic carbocycles. The van der Waals surface area contributed by atoms with Crippen molar-refractivity contribution in [3.8, 4) is 0 Å². The average molecular weight is 314 g/mol. The SMILES string of the molecule is Cc1ccc(NC(=O)CN(C)[C@H](C)c2ccc(F)cc2)cc1C. The molecule has 3 nitrogen and oxygen atoms in total. The van der Waals surface area contributed by atoms with E-state index >= 15 is 0 Å². The molecule has 0 aliphatic heterocycles. The van der Waals surface area contributed by atoms with Gasteiger partial charge < -0.3 is 5.32 Å². The number of halogens is 1. The van der Waals surface area contributed by atoms with Crippen LogP contribution in [0.25, 0.3) is 0 Å². The van der Waals surface area contributed by atoms with Gasteiger partial charge in [0.25, 0.3) is 0 Å². The van der Waals surface area contributed by atoms with Crippen LogP contribution in [0.1, 0.15) is 29.7 Å². The zero-order chi connectivity index (χ0) is 17.0. The number of nitrogens with one attached hydrogen (secondary N) is 1. The van der Waals surface area contributed by atoms with E-state index in [2.05, 4.69) is 5.32 Å². The first-order valence-electron chi connectivity index (χ1n) is 7.69. The quantitative estimate of drug-likeness (QED) is 0.902. The molecule has 4 heteroatoms. The molecule has 122 valence electrons. The topological polar surface area (TPSA) is 32.3 Å². The van der Waals surface area contributed by atoms with Crippen molar-refractivity contribution in [3.05, 3.63) is 65.0 Å². The summed E-state index contributed by atoms with van der Waals surface area (Å²) in [4.78, 5) is 14.1. The minimum atomic E-state index is -0.254. The van der Waals surface area contributed by atoms with Crippen molar-refractivity contribution in [1.82, 2.24) is 4.90 Å². The maximum absolute atomic E-state index is 13.0. The molecule has 0 saturated carbocycles. The number of nitrogens with zero attached hydrogens (tertiary/aromatic N) is 1. The first-order valence-corrected chi connectivity index (χ1v) is 7.69. The number of carbonyl (C=O) groups excluding carboxylic acids is 1. The molecule has 0 bridgehead atoms. The smallest absolute Gasteiger partial charge is 0.238 e. The molecule has 0 fully saturated rings. The van der Waals surface area contributed by atoms with Gasteiger partial charge in [0, 0.05) is 11.7 Å². The summed E-state index contributed by atoms with van der Waals surface area (Å²) in [5, 5.41) is 2.92. The number of anilines is 1. The molecule has 0 aliphatic rings. The standard InChI is InChI=1S/C19H23FN2O/c1-13-5-10-18(11-14(13)2)21-19(23)12-22(4)15(3)16-6-8-17(20)9-7-16/h5-11,15H,12H2,1-4H3,(H,21,23)/t15-/m1/s1. The van der Waals surface area contributed by atoms with E-state index in [1.165, 1.54) is 17.7 Å². The van der Waals surface area contributed by atoms with Crippen LogP contribution in [0, 0.1) is 19.7 Å². The molecule has 1 amide bonds. The predicted molar refractivity (Wildman–Crippen MR) is 92.0 cm³/mol. The lowest BCUT2D eigenvalue weighted by Crippen LogP contribution is -2.32. The van der Waals surface area contributed by atoms with Crippen LogP contribution in [0.5, 0.6) is 0 Å². The van der Waals surface area contributed by atoms with Crippen molar-refractivity contribution in [2.45, 2.75) is 26.8 Å². The van der Waals surface area contributed by atoms with Crippen molar-refractivity contribution in [1.29, 1.82) is 0 Å². The highest BCUT2D eigenvalue weighted by molar-refractivity contribution is 5.92. The van der Waals surface area contributed by atoms with Gasteiger partial charge in [-0.05, 0) is 68.8 Å². The van der Waals surface area contributed by atoms with Gasteiger partial charge in [0.1, 0.15) is 5.82 Å². The van der Waals surface area contributed by atoms with E-state index in [1.54, 1.807) is 12.1 Å². The van der Waals surface area contributed by atoms with Crippen molar-refractivity contribution in [2.24, 2.45) is 0 Å². The number of rotatable bonds is 5. The second kappa shape index (κ2) is 7.38. The molecule has 2 rings (SSSR count). The second-order valence-electron chi connectivity index (χ2n) is 5.99. The fourth-order valence-electron chi connectivity index (χ4n) is 2.38. The van der Waals surface area contributed by atoms with E-state index in [0.29, 0.717) is 0 Å². The normalized spacial score (nSPS) is 12.3. The first kappa shape index (κ1) is 17.2. The van der Waals surface area contributed by atoms with Gasteiger partial charge in [-0.2, -0.15) is 0 Å². The number of benzene rings is 2. The summed E-state index contributed by atoms with van der Waals surface area (Å²) in [7, 11) is 1.88. The molecule has 23 heavy (non-hydrogen) atoms. The third-order valence-corrected chi connectivity index (χ3v) is 4.20. The van der Waals surface area contributed by atoms with Gasteiger partial charge in [-0.1, -0.05) is 18.2 Å². The average Bonchev–Trinajstić information content (AvgIpc) is 2.51. The Bertz CT molecular complexity index is 682. The van der Waals surface area contributed by atoms with Crippen molar-refractivity contribution < 1.29 is 9.18 Å². The molecular weight excluding hydrogens is 291 g/mol. The van der Waals surface area contributed by atoms with Crippen LogP contribution in [0.3, 0.4) is 0 Å². The molecule has 0 unspecified atom stereocenters. The van der Waals surface area contributed by atoms with Gasteiger partial charge >= 0.3 is 0 Å². The largest absolute Gasteiger partial charge is 0.325 e.